The lowest BCUT2D eigenvalue weighted by Gasteiger charge is -2.18. The first kappa shape index (κ1) is 11.7. The number of phenols is 1. The smallest absolute Gasteiger partial charge is 0.124 e. The molecule has 0 atom stereocenters. The third-order valence-electron chi connectivity index (χ3n) is 2.72. The van der Waals surface area contributed by atoms with Crippen LogP contribution in [0.5, 0.6) is 5.75 Å². The molecule has 17 heavy (non-hydrogen) atoms. The summed E-state index contributed by atoms with van der Waals surface area (Å²) in [6, 6.07) is 15.4. The van der Waals surface area contributed by atoms with Crippen LogP contribution in [0.15, 0.2) is 42.5 Å². The van der Waals surface area contributed by atoms with Crippen LogP contribution in [0.1, 0.15) is 19.4 Å². The van der Waals surface area contributed by atoms with Gasteiger partial charge in [0.1, 0.15) is 5.75 Å². The van der Waals surface area contributed by atoms with Crippen molar-refractivity contribution in [1.82, 2.24) is 0 Å². The van der Waals surface area contributed by atoms with Gasteiger partial charge < -0.3 is 10.2 Å². The average molecular weight is 227 g/mol. The van der Waals surface area contributed by atoms with Gasteiger partial charge in [0.2, 0.25) is 0 Å². The van der Waals surface area contributed by atoms with Crippen molar-refractivity contribution in [3.8, 4) is 16.9 Å². The normalized spacial score (nSPS) is 11.5. The van der Waals surface area contributed by atoms with Gasteiger partial charge in [-0.3, -0.25) is 0 Å². The van der Waals surface area contributed by atoms with Crippen molar-refractivity contribution in [1.29, 1.82) is 0 Å². The Balaban J connectivity index is 2.51. The number of rotatable bonds is 2. The molecule has 2 aromatic carbocycles. The fourth-order valence-electron chi connectivity index (χ4n) is 1.73. The first-order chi connectivity index (χ1) is 7.98. The van der Waals surface area contributed by atoms with Crippen LogP contribution >= 0.6 is 0 Å². The summed E-state index contributed by atoms with van der Waals surface area (Å²) in [6.45, 7) is 3.48. The van der Waals surface area contributed by atoms with E-state index in [9.17, 15) is 10.2 Å². The number of aromatic hydroxyl groups is 1. The van der Waals surface area contributed by atoms with Crippen molar-refractivity contribution in [2.75, 3.05) is 0 Å². The minimum Gasteiger partial charge on any atom is -0.507 e. The minimum absolute atomic E-state index is 0.195. The van der Waals surface area contributed by atoms with Gasteiger partial charge in [-0.05, 0) is 43.2 Å². The van der Waals surface area contributed by atoms with E-state index < -0.39 is 5.60 Å². The van der Waals surface area contributed by atoms with E-state index in [2.05, 4.69) is 6.07 Å². The zero-order valence-electron chi connectivity index (χ0n) is 9.94. The zero-order chi connectivity index (χ0) is 12.5. The van der Waals surface area contributed by atoms with Crippen molar-refractivity contribution in [2.24, 2.45) is 0 Å². The van der Waals surface area contributed by atoms with E-state index in [-0.39, 0.29) is 5.75 Å². The van der Waals surface area contributed by atoms with Crippen LogP contribution in [-0.2, 0) is 5.60 Å². The molecule has 0 saturated heterocycles. The quantitative estimate of drug-likeness (QED) is 0.827. The van der Waals surface area contributed by atoms with Gasteiger partial charge in [-0.2, -0.15) is 0 Å². The van der Waals surface area contributed by atoms with Gasteiger partial charge >= 0.3 is 0 Å². The van der Waals surface area contributed by atoms with Gasteiger partial charge in [0.05, 0.1) is 5.60 Å². The van der Waals surface area contributed by atoms with Gasteiger partial charge in [-0.25, -0.2) is 0 Å². The third-order valence-corrected chi connectivity index (χ3v) is 2.72. The topological polar surface area (TPSA) is 40.5 Å². The van der Waals surface area contributed by atoms with Gasteiger partial charge in [0.15, 0.2) is 0 Å². The molecule has 0 aromatic heterocycles. The Morgan fingerprint density at radius 3 is 2.59 bits per heavy atom. The molecule has 0 heterocycles. The van der Waals surface area contributed by atoms with Crippen molar-refractivity contribution in [3.63, 3.8) is 0 Å². The Kier molecular flexibility index (Phi) is 2.90. The lowest BCUT2D eigenvalue weighted by atomic mass is 9.94. The van der Waals surface area contributed by atoms with Crippen LogP contribution < -0.4 is 0 Å². The Bertz CT molecular complexity index is 524. The average Bonchev–Trinajstić information content (AvgIpc) is 2.29. The predicted octanol–water partition coefficient (Wildman–Crippen LogP) is 3.09. The summed E-state index contributed by atoms with van der Waals surface area (Å²) in [7, 11) is 0. The van der Waals surface area contributed by atoms with Gasteiger partial charge in [-0.15, -0.1) is 0 Å². The van der Waals surface area contributed by atoms with Crippen LogP contribution in [0, 0.1) is 6.07 Å². The molecule has 2 rings (SSSR count). The summed E-state index contributed by atoms with van der Waals surface area (Å²) in [6.07, 6.45) is 0. The van der Waals surface area contributed by atoms with E-state index in [1.165, 1.54) is 6.07 Å². The zero-order valence-corrected chi connectivity index (χ0v) is 9.94. The molecule has 87 valence electrons. The Labute approximate surface area is 101 Å². The molecule has 0 unspecified atom stereocenters. The van der Waals surface area contributed by atoms with Gasteiger partial charge in [-0.1, -0.05) is 30.3 Å². The number of hydrogen-bond acceptors (Lipinski definition) is 2. The molecule has 0 saturated carbocycles. The molecule has 0 aliphatic heterocycles. The Morgan fingerprint density at radius 1 is 1.18 bits per heavy atom. The summed E-state index contributed by atoms with van der Waals surface area (Å²) in [4.78, 5) is 0. The second-order valence-electron chi connectivity index (χ2n) is 4.58. The van der Waals surface area contributed by atoms with Crippen molar-refractivity contribution >= 4 is 0 Å². The fraction of sp³-hybridized carbons (Fsp3) is 0.200. The van der Waals surface area contributed by atoms with Crippen molar-refractivity contribution in [2.45, 2.75) is 19.4 Å². The number of hydrogen-bond donors (Lipinski definition) is 2. The maximum atomic E-state index is 9.96. The van der Waals surface area contributed by atoms with Crippen LogP contribution in [0.4, 0.5) is 0 Å². The molecule has 0 spiro atoms. The summed E-state index contributed by atoms with van der Waals surface area (Å²) in [5.74, 6) is 0.195. The second-order valence-corrected chi connectivity index (χ2v) is 4.58. The van der Waals surface area contributed by atoms with E-state index >= 15 is 0 Å². The van der Waals surface area contributed by atoms with Crippen LogP contribution in [0.25, 0.3) is 11.1 Å². The molecular formula is C15H15O2. The van der Waals surface area contributed by atoms with Gasteiger partial charge in [0.25, 0.3) is 0 Å². The highest BCUT2D eigenvalue weighted by Gasteiger charge is 2.16. The highest BCUT2D eigenvalue weighted by atomic mass is 16.3. The molecule has 2 aromatic rings. The molecule has 2 nitrogen and oxygen atoms in total. The minimum atomic E-state index is -0.882. The molecule has 2 N–H and O–H groups in total. The van der Waals surface area contributed by atoms with Crippen LogP contribution in [0.2, 0.25) is 0 Å². The summed E-state index contributed by atoms with van der Waals surface area (Å²) in [5.41, 5.74) is 1.57. The lowest BCUT2D eigenvalue weighted by molar-refractivity contribution is 0.0786. The highest BCUT2D eigenvalue weighted by molar-refractivity contribution is 5.70. The van der Waals surface area contributed by atoms with Crippen LogP contribution in [0.3, 0.4) is 0 Å². The number of phenolic OH excluding ortho intramolecular Hbond substituents is 1. The lowest BCUT2D eigenvalue weighted by Crippen LogP contribution is -2.15. The van der Waals surface area contributed by atoms with E-state index in [1.807, 2.05) is 24.3 Å². The van der Waals surface area contributed by atoms with E-state index in [1.54, 1.807) is 26.0 Å². The van der Waals surface area contributed by atoms with Crippen molar-refractivity contribution in [3.05, 3.63) is 54.1 Å². The highest BCUT2D eigenvalue weighted by Crippen LogP contribution is 2.31. The van der Waals surface area contributed by atoms with E-state index in [4.69, 9.17) is 0 Å². The molecule has 1 radical (unpaired) electrons. The Hall–Kier alpha value is -1.80. The molecule has 2 heteroatoms. The predicted molar refractivity (Wildman–Crippen MR) is 67.6 cm³/mol. The van der Waals surface area contributed by atoms with Gasteiger partial charge in [0, 0.05) is 5.56 Å². The third kappa shape index (κ3) is 2.48. The Morgan fingerprint density at radius 2 is 1.94 bits per heavy atom. The SMILES string of the molecule is CC(C)(O)c1cccc(-c2cc[c]cc2O)c1. The summed E-state index contributed by atoms with van der Waals surface area (Å²) < 4.78 is 0. The molecule has 0 amide bonds. The van der Waals surface area contributed by atoms with Crippen LogP contribution in [-0.4, -0.2) is 10.2 Å². The first-order valence-corrected chi connectivity index (χ1v) is 5.51. The molecular weight excluding hydrogens is 212 g/mol. The fourth-order valence-corrected chi connectivity index (χ4v) is 1.73. The molecule has 0 aliphatic carbocycles. The molecule has 0 aliphatic rings. The summed E-state index contributed by atoms with van der Waals surface area (Å²) >= 11 is 0. The first-order valence-electron chi connectivity index (χ1n) is 5.51. The molecule has 0 fully saturated rings. The van der Waals surface area contributed by atoms with E-state index in [0.717, 1.165) is 16.7 Å². The van der Waals surface area contributed by atoms with E-state index in [0.29, 0.717) is 0 Å². The number of benzene rings is 2. The maximum absolute atomic E-state index is 9.96. The largest absolute Gasteiger partial charge is 0.507 e. The standard InChI is InChI=1S/C15H15O2/c1-15(2,17)12-7-5-6-11(10-12)13-8-3-4-9-14(13)16/h3,5-10,16-17H,1-2H3. The number of aliphatic hydroxyl groups is 1. The van der Waals surface area contributed by atoms with Crippen molar-refractivity contribution < 1.29 is 10.2 Å². The maximum Gasteiger partial charge on any atom is 0.124 e. The second kappa shape index (κ2) is 4.22. The molecule has 0 bridgehead atoms. The monoisotopic (exact) mass is 227 g/mol. The summed E-state index contributed by atoms with van der Waals surface area (Å²) in [5, 5.41) is 19.7.